The summed E-state index contributed by atoms with van der Waals surface area (Å²) in [6.07, 6.45) is -0.761. The highest BCUT2D eigenvalue weighted by atomic mass is 19.4. The number of alkyl halides is 3. The number of hydrogen-bond donors (Lipinski definition) is 2. The van der Waals surface area contributed by atoms with Crippen LogP contribution in [0.1, 0.15) is 42.4 Å². The minimum Gasteiger partial charge on any atom is -0.326 e. The van der Waals surface area contributed by atoms with E-state index in [1.807, 2.05) is 0 Å². The van der Waals surface area contributed by atoms with E-state index in [0.717, 1.165) is 49.9 Å². The Balaban J connectivity index is 1.76. The summed E-state index contributed by atoms with van der Waals surface area (Å²) >= 11 is 0. The molecule has 3 N–H and O–H groups in total. The maximum Gasteiger partial charge on any atom is 0.419 e. The molecule has 2 aromatic rings. The van der Waals surface area contributed by atoms with Crippen molar-refractivity contribution < 1.29 is 31.1 Å². The summed E-state index contributed by atoms with van der Waals surface area (Å²) in [5.74, 6) is 0.548. The zero-order valence-corrected chi connectivity index (χ0v) is 17.2. The van der Waals surface area contributed by atoms with Crippen LogP contribution in [0.25, 0.3) is 0 Å². The Morgan fingerprint density at radius 2 is 1.76 bits per heavy atom. The number of nitrogens with one attached hydrogen (secondary N) is 1. The monoisotopic (exact) mass is 470 g/mol. The first-order valence-electron chi connectivity index (χ1n) is 10.0. The van der Waals surface area contributed by atoms with Crippen LogP contribution in [0.4, 0.5) is 32.0 Å². The molecule has 0 aliphatic heterocycles. The predicted molar refractivity (Wildman–Crippen MR) is 112 cm³/mol. The predicted octanol–water partition coefficient (Wildman–Crippen LogP) is 4.98. The van der Waals surface area contributed by atoms with E-state index in [4.69, 9.17) is 5.84 Å². The van der Waals surface area contributed by atoms with Crippen molar-refractivity contribution in [1.29, 1.82) is 0 Å². The van der Waals surface area contributed by atoms with Crippen LogP contribution in [0.15, 0.2) is 40.4 Å². The molecule has 33 heavy (non-hydrogen) atoms. The molecule has 0 saturated heterocycles. The van der Waals surface area contributed by atoms with Gasteiger partial charge in [0.05, 0.1) is 23.6 Å². The van der Waals surface area contributed by atoms with Gasteiger partial charge in [-0.25, -0.2) is 13.2 Å². The second kappa shape index (κ2) is 10.1. The molecule has 1 amide bonds. The van der Waals surface area contributed by atoms with Crippen molar-refractivity contribution in [3.8, 4) is 0 Å². The highest BCUT2D eigenvalue weighted by Crippen LogP contribution is 2.32. The van der Waals surface area contributed by atoms with Crippen molar-refractivity contribution in [3.63, 3.8) is 0 Å². The molecule has 1 saturated carbocycles. The number of hydrazone groups is 1. The van der Waals surface area contributed by atoms with E-state index in [0.29, 0.717) is 6.07 Å². The number of nitrogens with zero attached hydrogens (tertiary/aromatic N) is 2. The fraction of sp³-hybridized carbons (Fsp3) is 0.318. The summed E-state index contributed by atoms with van der Waals surface area (Å²) in [5, 5.41) is 5.54. The van der Waals surface area contributed by atoms with E-state index in [1.165, 1.54) is 6.21 Å². The largest absolute Gasteiger partial charge is 0.419 e. The number of hydrogen-bond acceptors (Lipinski definition) is 4. The van der Waals surface area contributed by atoms with Gasteiger partial charge in [0.15, 0.2) is 0 Å². The van der Waals surface area contributed by atoms with Gasteiger partial charge in [-0.3, -0.25) is 9.79 Å². The molecule has 5 nitrogen and oxygen atoms in total. The average Bonchev–Trinajstić information content (AvgIpc) is 3.24. The number of benzene rings is 2. The lowest BCUT2D eigenvalue weighted by Crippen LogP contribution is -2.18. The Kier molecular flexibility index (Phi) is 7.39. The molecule has 176 valence electrons. The van der Waals surface area contributed by atoms with Crippen molar-refractivity contribution in [2.24, 2.45) is 15.9 Å². The fourth-order valence-corrected chi connectivity index (χ4v) is 3.60. The van der Waals surface area contributed by atoms with Gasteiger partial charge in [0.2, 0.25) is 5.91 Å². The number of aliphatic imine (C=N–C) groups is 1. The van der Waals surface area contributed by atoms with Crippen molar-refractivity contribution in [2.45, 2.75) is 44.3 Å². The normalized spacial score (nSPS) is 15.4. The van der Waals surface area contributed by atoms with Gasteiger partial charge in [0.1, 0.15) is 23.2 Å². The number of anilines is 1. The third-order valence-electron chi connectivity index (χ3n) is 5.19. The first-order valence-corrected chi connectivity index (χ1v) is 10.0. The number of nitrogens with two attached hydrogens (primary N) is 1. The van der Waals surface area contributed by atoms with Gasteiger partial charge in [0, 0.05) is 11.9 Å². The number of rotatable bonds is 6. The zero-order valence-electron chi connectivity index (χ0n) is 17.2. The van der Waals surface area contributed by atoms with E-state index in [2.05, 4.69) is 15.4 Å². The fourth-order valence-electron chi connectivity index (χ4n) is 3.60. The summed E-state index contributed by atoms with van der Waals surface area (Å²) in [6, 6.07) is 4.15. The molecule has 1 fully saturated rings. The quantitative estimate of drug-likeness (QED) is 0.270. The smallest absolute Gasteiger partial charge is 0.326 e. The molecular formula is C22H20F6N4O. The summed E-state index contributed by atoms with van der Waals surface area (Å²) in [5.41, 5.74) is -3.10. The standard InChI is InChI=1S/C22H20F6N4O/c23-16-9-14(10-17(24)20(16)18(32-29)11-30-13-5-1-2-6-13)31-19(33)8-12-4-3-7-15(21(12)25)22(26,27)28/h3-4,7,9-11,13H,1-2,5-6,8,29H2,(H,31,33)/b30-11?,32-18+. The lowest BCUT2D eigenvalue weighted by molar-refractivity contribution is -0.140. The molecule has 0 spiro atoms. The summed E-state index contributed by atoms with van der Waals surface area (Å²) < 4.78 is 81.8. The van der Waals surface area contributed by atoms with E-state index in [9.17, 15) is 31.1 Å². The summed E-state index contributed by atoms with van der Waals surface area (Å²) in [4.78, 5) is 16.4. The Hall–Kier alpha value is -3.37. The third kappa shape index (κ3) is 5.91. The Morgan fingerprint density at radius 1 is 1.12 bits per heavy atom. The van der Waals surface area contributed by atoms with Crippen molar-refractivity contribution >= 4 is 23.5 Å². The molecule has 0 bridgehead atoms. The third-order valence-corrected chi connectivity index (χ3v) is 5.19. The van der Waals surface area contributed by atoms with Crippen LogP contribution in [0.2, 0.25) is 0 Å². The van der Waals surface area contributed by atoms with Gasteiger partial charge in [-0.05, 0) is 36.6 Å². The van der Waals surface area contributed by atoms with E-state index in [1.54, 1.807) is 0 Å². The van der Waals surface area contributed by atoms with Gasteiger partial charge < -0.3 is 11.2 Å². The lowest BCUT2D eigenvalue weighted by atomic mass is 10.1. The summed E-state index contributed by atoms with van der Waals surface area (Å²) in [7, 11) is 0. The van der Waals surface area contributed by atoms with Gasteiger partial charge in [-0.1, -0.05) is 25.0 Å². The van der Waals surface area contributed by atoms with Crippen molar-refractivity contribution in [3.05, 3.63) is 64.5 Å². The van der Waals surface area contributed by atoms with Gasteiger partial charge in [-0.2, -0.15) is 18.3 Å². The number of halogens is 6. The molecule has 11 heteroatoms. The van der Waals surface area contributed by atoms with Gasteiger partial charge in [0.25, 0.3) is 0 Å². The van der Waals surface area contributed by atoms with Gasteiger partial charge >= 0.3 is 6.18 Å². The zero-order chi connectivity index (χ0) is 24.2. The molecular weight excluding hydrogens is 450 g/mol. The molecule has 0 unspecified atom stereocenters. The Bertz CT molecular complexity index is 1070. The molecule has 0 heterocycles. The topological polar surface area (TPSA) is 79.8 Å². The van der Waals surface area contributed by atoms with E-state index in [-0.39, 0.29) is 17.4 Å². The Labute approximate surface area is 185 Å². The highest BCUT2D eigenvalue weighted by Gasteiger charge is 2.35. The highest BCUT2D eigenvalue weighted by molar-refractivity contribution is 6.38. The SMILES string of the molecule is N/N=C(\C=NC1CCCC1)c1c(F)cc(NC(=O)Cc2cccc(C(F)(F)F)c2F)cc1F. The van der Waals surface area contributed by atoms with Crippen LogP contribution in [0.5, 0.6) is 0 Å². The van der Waals surface area contributed by atoms with Crippen LogP contribution in [0.3, 0.4) is 0 Å². The molecule has 0 atom stereocenters. The van der Waals surface area contributed by atoms with Crippen molar-refractivity contribution in [1.82, 2.24) is 0 Å². The molecule has 0 radical (unpaired) electrons. The number of carbonyl (C=O) groups is 1. The van der Waals surface area contributed by atoms with Crippen LogP contribution in [-0.4, -0.2) is 23.9 Å². The molecule has 3 rings (SSSR count). The van der Waals surface area contributed by atoms with Crippen molar-refractivity contribution in [2.75, 3.05) is 5.32 Å². The maximum absolute atomic E-state index is 14.6. The van der Waals surface area contributed by atoms with Crippen LogP contribution >= 0.6 is 0 Å². The number of carbonyl (C=O) groups excluding carboxylic acids is 1. The minimum atomic E-state index is -4.93. The molecule has 1 aliphatic rings. The van der Waals surface area contributed by atoms with Gasteiger partial charge in [-0.15, -0.1) is 0 Å². The van der Waals surface area contributed by atoms with E-state index >= 15 is 0 Å². The Morgan fingerprint density at radius 3 is 2.33 bits per heavy atom. The average molecular weight is 470 g/mol. The molecule has 1 aliphatic carbocycles. The lowest BCUT2D eigenvalue weighted by Gasteiger charge is -2.12. The second-order valence-corrected chi connectivity index (χ2v) is 7.55. The summed E-state index contributed by atoms with van der Waals surface area (Å²) in [6.45, 7) is 0. The minimum absolute atomic E-state index is 0.0303. The molecule has 0 aromatic heterocycles. The number of amides is 1. The molecule has 2 aromatic carbocycles. The van der Waals surface area contributed by atoms with E-state index < -0.39 is 52.6 Å². The first kappa shape index (κ1) is 24.3. The van der Waals surface area contributed by atoms with Crippen LogP contribution in [0, 0.1) is 17.5 Å². The van der Waals surface area contributed by atoms with Crippen LogP contribution < -0.4 is 11.2 Å². The maximum atomic E-state index is 14.6. The first-order chi connectivity index (χ1) is 15.6. The van der Waals surface area contributed by atoms with Crippen LogP contribution in [-0.2, 0) is 17.4 Å². The second-order valence-electron chi connectivity index (χ2n) is 7.55.